The van der Waals surface area contributed by atoms with E-state index >= 15 is 0 Å². The third-order valence-electron chi connectivity index (χ3n) is 4.55. The highest BCUT2D eigenvalue weighted by Gasteiger charge is 2.13. The summed E-state index contributed by atoms with van der Waals surface area (Å²) in [6.07, 6.45) is 3.85. The van der Waals surface area contributed by atoms with Crippen LogP contribution in [0.4, 0.5) is 11.6 Å². The average Bonchev–Trinajstić information content (AvgIpc) is 3.33. The number of nitrogens with zero attached hydrogens (tertiary/aromatic N) is 6. The molecule has 0 saturated heterocycles. The fraction of sp³-hybridized carbons (Fsp3) is 0.0455. The van der Waals surface area contributed by atoms with Gasteiger partial charge >= 0.3 is 5.69 Å². The predicted molar refractivity (Wildman–Crippen MR) is 122 cm³/mol. The fourth-order valence-corrected chi connectivity index (χ4v) is 2.97. The van der Waals surface area contributed by atoms with E-state index < -0.39 is 10.5 Å². The van der Waals surface area contributed by atoms with Crippen molar-refractivity contribution >= 4 is 17.9 Å². The van der Waals surface area contributed by atoms with Crippen molar-refractivity contribution in [3.8, 4) is 23.1 Å². The minimum Gasteiger partial charge on any atom is -0.471 e. The number of rotatable bonds is 8. The fourth-order valence-electron chi connectivity index (χ4n) is 2.97. The van der Waals surface area contributed by atoms with Gasteiger partial charge in [0.1, 0.15) is 29.8 Å². The molecule has 34 heavy (non-hydrogen) atoms. The lowest BCUT2D eigenvalue weighted by atomic mass is 10.1. The molecule has 0 spiro atoms. The van der Waals surface area contributed by atoms with E-state index in [0.29, 0.717) is 16.9 Å². The van der Waals surface area contributed by atoms with Crippen LogP contribution in [0.2, 0.25) is 0 Å². The molecule has 0 aliphatic heterocycles. The molecule has 0 saturated carbocycles. The SMILES string of the molecule is N#Cc1c(-c2ccccc2)nc(NN=Cc2ccccc2OCn2cc([N+](=O)[O-])cn2)[nH]c1=O. The van der Waals surface area contributed by atoms with Crippen molar-refractivity contribution in [2.45, 2.75) is 6.73 Å². The molecule has 0 aliphatic rings. The molecule has 0 radical (unpaired) electrons. The smallest absolute Gasteiger partial charge is 0.307 e. The van der Waals surface area contributed by atoms with Gasteiger partial charge in [-0.2, -0.15) is 15.5 Å². The van der Waals surface area contributed by atoms with E-state index in [1.54, 1.807) is 48.5 Å². The van der Waals surface area contributed by atoms with Gasteiger partial charge < -0.3 is 4.74 Å². The van der Waals surface area contributed by atoms with Crippen molar-refractivity contribution < 1.29 is 9.66 Å². The maximum atomic E-state index is 12.3. The summed E-state index contributed by atoms with van der Waals surface area (Å²) >= 11 is 0. The number of H-pyrrole nitrogens is 1. The highest BCUT2D eigenvalue weighted by Crippen LogP contribution is 2.20. The second-order valence-electron chi connectivity index (χ2n) is 6.79. The second-order valence-corrected chi connectivity index (χ2v) is 6.79. The van der Waals surface area contributed by atoms with Gasteiger partial charge in [0.25, 0.3) is 5.56 Å². The Morgan fingerprint density at radius 3 is 2.74 bits per heavy atom. The van der Waals surface area contributed by atoms with Gasteiger partial charge in [0, 0.05) is 11.1 Å². The van der Waals surface area contributed by atoms with Crippen molar-refractivity contribution in [1.82, 2.24) is 19.7 Å². The number of hydrazone groups is 1. The van der Waals surface area contributed by atoms with Crippen LogP contribution in [-0.4, -0.2) is 30.9 Å². The van der Waals surface area contributed by atoms with Crippen molar-refractivity contribution in [1.29, 1.82) is 5.26 Å². The first-order valence-corrected chi connectivity index (χ1v) is 9.82. The molecule has 0 amide bonds. The van der Waals surface area contributed by atoms with Crippen LogP contribution in [0.3, 0.4) is 0 Å². The molecule has 2 aromatic carbocycles. The zero-order valence-electron chi connectivity index (χ0n) is 17.5. The molecule has 4 aromatic rings. The zero-order valence-corrected chi connectivity index (χ0v) is 17.5. The molecular weight excluding hydrogens is 440 g/mol. The largest absolute Gasteiger partial charge is 0.471 e. The number of aromatic amines is 1. The van der Waals surface area contributed by atoms with E-state index in [9.17, 15) is 20.2 Å². The minimum atomic E-state index is -0.592. The summed E-state index contributed by atoms with van der Waals surface area (Å²) in [7, 11) is 0. The van der Waals surface area contributed by atoms with E-state index in [1.807, 2.05) is 12.1 Å². The van der Waals surface area contributed by atoms with E-state index in [1.165, 1.54) is 17.1 Å². The van der Waals surface area contributed by atoms with Crippen molar-refractivity contribution in [3.63, 3.8) is 0 Å². The molecule has 0 aliphatic carbocycles. The first kappa shape index (κ1) is 21.9. The standard InChI is InChI=1S/C22H16N8O4/c23-10-18-20(15-6-2-1-3-7-15)26-22(27-21(18)31)28-24-11-16-8-4-5-9-19(16)34-14-29-13-17(12-25-29)30(32)33/h1-9,11-13H,14H2,(H2,26,27,28,31). The number of nitro groups is 1. The van der Waals surface area contributed by atoms with Gasteiger partial charge in [-0.05, 0) is 12.1 Å². The predicted octanol–water partition coefficient (Wildman–Crippen LogP) is 2.90. The highest BCUT2D eigenvalue weighted by molar-refractivity contribution is 5.83. The topological polar surface area (TPSA) is 164 Å². The Morgan fingerprint density at radius 1 is 1.24 bits per heavy atom. The maximum Gasteiger partial charge on any atom is 0.307 e. The molecule has 2 aromatic heterocycles. The average molecular weight is 456 g/mol. The van der Waals surface area contributed by atoms with Gasteiger partial charge in [0.05, 0.1) is 16.8 Å². The molecule has 2 heterocycles. The quantitative estimate of drug-likeness (QED) is 0.232. The summed E-state index contributed by atoms with van der Waals surface area (Å²) in [5.41, 5.74) is 3.28. The monoisotopic (exact) mass is 456 g/mol. The first-order chi connectivity index (χ1) is 16.5. The van der Waals surface area contributed by atoms with Gasteiger partial charge in [-0.1, -0.05) is 42.5 Å². The molecule has 0 fully saturated rings. The van der Waals surface area contributed by atoms with Gasteiger partial charge in [-0.25, -0.2) is 15.1 Å². The molecule has 4 rings (SSSR count). The Balaban J connectivity index is 1.51. The molecule has 0 bridgehead atoms. The molecule has 2 N–H and O–H groups in total. The number of hydrogen-bond acceptors (Lipinski definition) is 9. The number of ether oxygens (including phenoxy) is 1. The Labute approximate surface area is 191 Å². The molecular formula is C22H16N8O4. The van der Waals surface area contributed by atoms with E-state index in [2.05, 4.69) is 25.6 Å². The van der Waals surface area contributed by atoms with Gasteiger partial charge in [0.2, 0.25) is 5.95 Å². The third-order valence-corrected chi connectivity index (χ3v) is 4.55. The molecule has 0 unspecified atom stereocenters. The van der Waals surface area contributed by atoms with Gasteiger partial charge in [-0.3, -0.25) is 19.9 Å². The van der Waals surface area contributed by atoms with Crippen molar-refractivity contribution in [3.05, 3.63) is 98.6 Å². The van der Waals surface area contributed by atoms with Crippen LogP contribution in [0.25, 0.3) is 11.3 Å². The summed E-state index contributed by atoms with van der Waals surface area (Å²) in [4.78, 5) is 29.4. The van der Waals surface area contributed by atoms with Crippen LogP contribution in [0, 0.1) is 21.4 Å². The normalized spacial score (nSPS) is 10.7. The summed E-state index contributed by atoms with van der Waals surface area (Å²) in [5, 5.41) is 28.1. The Hall–Kier alpha value is -5.31. The van der Waals surface area contributed by atoms with Crippen LogP contribution in [0.15, 0.2) is 76.9 Å². The van der Waals surface area contributed by atoms with E-state index in [-0.39, 0.29) is 29.6 Å². The van der Waals surface area contributed by atoms with Gasteiger partial charge in [-0.15, -0.1) is 0 Å². The number of anilines is 1. The lowest BCUT2D eigenvalue weighted by Crippen LogP contribution is -2.16. The number of para-hydroxylation sites is 1. The third kappa shape index (κ3) is 4.94. The summed E-state index contributed by atoms with van der Waals surface area (Å²) in [6, 6.07) is 17.7. The number of benzene rings is 2. The summed E-state index contributed by atoms with van der Waals surface area (Å²) < 4.78 is 6.99. The van der Waals surface area contributed by atoms with Crippen LogP contribution in [0.5, 0.6) is 5.75 Å². The van der Waals surface area contributed by atoms with E-state index in [4.69, 9.17) is 4.74 Å². The number of nitriles is 1. The first-order valence-electron chi connectivity index (χ1n) is 9.82. The Bertz CT molecular complexity index is 1450. The minimum absolute atomic E-state index is 0.0446. The van der Waals surface area contributed by atoms with Crippen LogP contribution < -0.4 is 15.7 Å². The Kier molecular flexibility index (Phi) is 6.36. The number of nitrogens with one attached hydrogen (secondary N) is 2. The number of hydrogen-bond donors (Lipinski definition) is 2. The van der Waals surface area contributed by atoms with Crippen LogP contribution in [-0.2, 0) is 6.73 Å². The lowest BCUT2D eigenvalue weighted by Gasteiger charge is -2.09. The summed E-state index contributed by atoms with van der Waals surface area (Å²) in [5.74, 6) is 0.513. The van der Waals surface area contributed by atoms with Crippen LogP contribution >= 0.6 is 0 Å². The lowest BCUT2D eigenvalue weighted by molar-refractivity contribution is -0.385. The molecule has 12 heteroatoms. The van der Waals surface area contributed by atoms with Crippen molar-refractivity contribution in [2.24, 2.45) is 5.10 Å². The molecule has 12 nitrogen and oxygen atoms in total. The maximum absolute atomic E-state index is 12.3. The van der Waals surface area contributed by atoms with Crippen LogP contribution in [0.1, 0.15) is 11.1 Å². The zero-order chi connectivity index (χ0) is 23.9. The molecule has 0 atom stereocenters. The highest BCUT2D eigenvalue weighted by atomic mass is 16.6. The second kappa shape index (κ2) is 9.88. The molecule has 168 valence electrons. The summed E-state index contributed by atoms with van der Waals surface area (Å²) in [6.45, 7) is -0.0446. The number of aromatic nitrogens is 4. The van der Waals surface area contributed by atoms with Gasteiger partial charge in [0.15, 0.2) is 6.73 Å². The van der Waals surface area contributed by atoms with Crippen molar-refractivity contribution in [2.75, 3.05) is 5.43 Å². The Morgan fingerprint density at radius 2 is 2.00 bits per heavy atom. The van der Waals surface area contributed by atoms with E-state index in [0.717, 1.165) is 6.20 Å².